The molecule has 10 atom stereocenters. The van der Waals surface area contributed by atoms with E-state index < -0.39 is 53.8 Å². The second kappa shape index (κ2) is 13.9. The zero-order chi connectivity index (χ0) is 33.4. The summed E-state index contributed by atoms with van der Waals surface area (Å²) in [5, 5.41) is 47.0. The Labute approximate surface area is 272 Å². The van der Waals surface area contributed by atoms with E-state index in [9.17, 15) is 25.3 Å². The fourth-order valence-corrected chi connectivity index (χ4v) is 7.83. The van der Waals surface area contributed by atoms with Gasteiger partial charge < -0.3 is 39.5 Å². The molecule has 0 aromatic heterocycles. The molecule has 0 saturated carbocycles. The lowest BCUT2D eigenvalue weighted by Gasteiger charge is -2.50. The molecule has 10 nitrogen and oxygen atoms in total. The molecule has 0 radical (unpaired) electrons. The molecule has 10 heteroatoms. The molecule has 5 rings (SSSR count). The van der Waals surface area contributed by atoms with E-state index in [2.05, 4.69) is 25.1 Å². The van der Waals surface area contributed by atoms with Gasteiger partial charge >= 0.3 is 5.97 Å². The van der Waals surface area contributed by atoms with Crippen LogP contribution in [-0.2, 0) is 23.7 Å². The average molecular weight is 642 g/mol. The lowest BCUT2D eigenvalue weighted by molar-refractivity contribution is -0.313. The number of aliphatic hydroxyl groups is 3. The van der Waals surface area contributed by atoms with Crippen LogP contribution < -0.4 is 0 Å². The first-order chi connectivity index (χ1) is 21.8. The van der Waals surface area contributed by atoms with Gasteiger partial charge in [-0.05, 0) is 60.8 Å². The largest absolute Gasteiger partial charge is 0.462 e. The predicted molar refractivity (Wildman–Crippen MR) is 172 cm³/mol. The number of ether oxygens (including phenoxy) is 4. The summed E-state index contributed by atoms with van der Waals surface area (Å²) in [7, 11) is 0. The molecule has 0 aromatic rings. The number of carbonyl (C=O) groups excluding carboxylic acids is 1. The first kappa shape index (κ1) is 34.7. The highest BCUT2D eigenvalue weighted by atomic mass is 16.7. The van der Waals surface area contributed by atoms with Crippen LogP contribution >= 0.6 is 0 Å². The molecule has 0 amide bonds. The van der Waals surface area contributed by atoms with Crippen molar-refractivity contribution in [1.82, 2.24) is 0 Å². The van der Waals surface area contributed by atoms with E-state index in [1.807, 2.05) is 39.0 Å². The van der Waals surface area contributed by atoms with Gasteiger partial charge in [-0.2, -0.15) is 0 Å². The van der Waals surface area contributed by atoms with Crippen molar-refractivity contribution in [2.75, 3.05) is 13.2 Å². The molecular weight excluding hydrogens is 590 g/mol. The van der Waals surface area contributed by atoms with Gasteiger partial charge in [-0.15, -0.1) is 0 Å². The maximum absolute atomic E-state index is 14.1. The maximum atomic E-state index is 14.1. The van der Waals surface area contributed by atoms with Crippen LogP contribution in [0.4, 0.5) is 0 Å². The van der Waals surface area contributed by atoms with Gasteiger partial charge in [0, 0.05) is 25.2 Å². The number of nitrogens with zero attached hydrogens (tertiary/aromatic N) is 1. The van der Waals surface area contributed by atoms with Gasteiger partial charge in [-0.1, -0.05) is 69.3 Å². The topological polar surface area (TPSA) is 147 Å². The molecule has 254 valence electrons. The van der Waals surface area contributed by atoms with E-state index in [4.69, 9.17) is 18.9 Å². The second-order valence-electron chi connectivity index (χ2n) is 14.3. The molecule has 2 bridgehead atoms. The van der Waals surface area contributed by atoms with Crippen LogP contribution in [0.25, 0.3) is 0 Å². The van der Waals surface area contributed by atoms with E-state index in [1.165, 1.54) is 0 Å². The van der Waals surface area contributed by atoms with Crippen LogP contribution in [0, 0.1) is 23.7 Å². The molecule has 3 fully saturated rings. The van der Waals surface area contributed by atoms with Crippen LogP contribution in [0.1, 0.15) is 73.6 Å². The Balaban J connectivity index is 1.56. The summed E-state index contributed by atoms with van der Waals surface area (Å²) in [4.78, 5) is 14.1. The first-order valence-corrected chi connectivity index (χ1v) is 16.6. The highest BCUT2D eigenvalue weighted by Crippen LogP contribution is 2.47. The number of esters is 1. The Hall–Kier alpha value is -2.60. The lowest BCUT2D eigenvalue weighted by Crippen LogP contribution is -2.59. The summed E-state index contributed by atoms with van der Waals surface area (Å²) in [6.07, 6.45) is 9.53. The highest BCUT2D eigenvalue weighted by Gasteiger charge is 2.60. The fraction of sp³-hybridized carbons (Fsp3) is 0.667. The van der Waals surface area contributed by atoms with E-state index in [1.54, 1.807) is 19.1 Å². The number of aliphatic hydroxyl groups excluding tert-OH is 2. The van der Waals surface area contributed by atoms with Crippen molar-refractivity contribution in [2.24, 2.45) is 28.8 Å². The summed E-state index contributed by atoms with van der Waals surface area (Å²) >= 11 is 0. The number of hydrogen-bond donors (Lipinski definition) is 4. The Morgan fingerprint density at radius 3 is 2.67 bits per heavy atom. The van der Waals surface area contributed by atoms with Crippen molar-refractivity contribution in [1.29, 1.82) is 0 Å². The van der Waals surface area contributed by atoms with Gasteiger partial charge in [-0.25, -0.2) is 0 Å². The van der Waals surface area contributed by atoms with Crippen molar-refractivity contribution < 1.29 is 44.3 Å². The van der Waals surface area contributed by atoms with Gasteiger partial charge in [0.1, 0.15) is 29.8 Å². The first-order valence-electron chi connectivity index (χ1n) is 16.6. The van der Waals surface area contributed by atoms with Crippen molar-refractivity contribution >= 4 is 11.7 Å². The van der Waals surface area contributed by atoms with Crippen molar-refractivity contribution in [3.63, 3.8) is 0 Å². The number of rotatable bonds is 3. The van der Waals surface area contributed by atoms with Crippen LogP contribution in [0.3, 0.4) is 0 Å². The third-order valence-electron chi connectivity index (χ3n) is 10.1. The second-order valence-corrected chi connectivity index (χ2v) is 14.3. The van der Waals surface area contributed by atoms with E-state index in [0.717, 1.165) is 11.1 Å². The summed E-state index contributed by atoms with van der Waals surface area (Å²) in [6.45, 7) is 11.9. The minimum atomic E-state index is -1.80. The Bertz CT molecular complexity index is 1340. The third-order valence-corrected chi connectivity index (χ3v) is 10.1. The number of hydrogen-bond acceptors (Lipinski definition) is 10. The number of carbonyl (C=O) groups is 1. The smallest absolute Gasteiger partial charge is 0.316 e. The Kier molecular flexibility index (Phi) is 10.5. The van der Waals surface area contributed by atoms with Gasteiger partial charge in [0.2, 0.25) is 0 Å². The van der Waals surface area contributed by atoms with Gasteiger partial charge in [0.05, 0.1) is 31.1 Å². The van der Waals surface area contributed by atoms with Gasteiger partial charge in [0.15, 0.2) is 5.79 Å². The maximum Gasteiger partial charge on any atom is 0.316 e. The highest BCUT2D eigenvalue weighted by molar-refractivity contribution is 5.88. The molecule has 0 unspecified atom stereocenters. The molecule has 5 aliphatic rings. The SMILES string of the molecule is CC1=C[C@H]2C(=O)O[C@H]3C[C@@H](C/C=C(\CO)C[C@@H](C)/C=C/C=C4\CO[C@H]([C@@H]1O)[C@@]42O)O[C@@]1(C/C(=N\O)[C@H](C)[C@@H](/C(C)=C/C(C)C)O1)C3. The Morgan fingerprint density at radius 2 is 1.98 bits per heavy atom. The minimum absolute atomic E-state index is 0.0615. The molecular formula is C36H51NO9. The van der Waals surface area contributed by atoms with Crippen LogP contribution in [-0.4, -0.2) is 87.3 Å². The van der Waals surface area contributed by atoms with Crippen molar-refractivity contribution in [3.8, 4) is 0 Å². The van der Waals surface area contributed by atoms with E-state index in [0.29, 0.717) is 36.1 Å². The van der Waals surface area contributed by atoms with Crippen molar-refractivity contribution in [3.05, 3.63) is 58.7 Å². The normalized spacial score (nSPS) is 44.6. The molecule has 46 heavy (non-hydrogen) atoms. The molecule has 4 heterocycles. The van der Waals surface area contributed by atoms with Crippen LogP contribution in [0.5, 0.6) is 0 Å². The molecule has 1 spiro atoms. The van der Waals surface area contributed by atoms with Crippen molar-refractivity contribution in [2.45, 2.75) is 116 Å². The quantitative estimate of drug-likeness (QED) is 0.151. The number of fused-ring (bicyclic) bond motifs is 2. The average Bonchev–Trinajstić information content (AvgIpc) is 3.34. The number of allylic oxidation sites excluding steroid dienone is 4. The monoisotopic (exact) mass is 641 g/mol. The summed E-state index contributed by atoms with van der Waals surface area (Å²) in [5.41, 5.74) is 1.62. The zero-order valence-electron chi connectivity index (χ0n) is 27.9. The Morgan fingerprint density at radius 1 is 1.22 bits per heavy atom. The minimum Gasteiger partial charge on any atom is -0.462 e. The molecule has 0 aromatic carbocycles. The van der Waals surface area contributed by atoms with E-state index >= 15 is 0 Å². The summed E-state index contributed by atoms with van der Waals surface area (Å²) < 4.78 is 25.7. The molecule has 1 aliphatic carbocycles. The predicted octanol–water partition coefficient (Wildman–Crippen LogP) is 4.53. The summed E-state index contributed by atoms with van der Waals surface area (Å²) in [6, 6.07) is 0. The van der Waals surface area contributed by atoms with Crippen LogP contribution in [0.15, 0.2) is 63.9 Å². The zero-order valence-corrected chi connectivity index (χ0v) is 27.9. The van der Waals surface area contributed by atoms with Crippen LogP contribution in [0.2, 0.25) is 0 Å². The molecule has 4 N–H and O–H groups in total. The third kappa shape index (κ3) is 6.84. The lowest BCUT2D eigenvalue weighted by atomic mass is 9.71. The van der Waals surface area contributed by atoms with Gasteiger partial charge in [-0.3, -0.25) is 4.79 Å². The number of oxime groups is 1. The fourth-order valence-electron chi connectivity index (χ4n) is 7.83. The standard InChI is InChI=1S/C36H51NO9/c1-20(2)12-23(5)32-24(6)30(37-42)17-35(46-32)16-28-15-27(45-35)11-10-25(18-38)13-21(3)8-7-9-26-19-43-33-31(39)22(4)14-29(34(40)44-28)36(26,33)41/h7-10,12,14,20-21,24,27-29,31-33,38-39,41-42H,11,13,15-19H2,1-6H3/b8-7+,23-12+,25-10-,26-9+,37-30+/t21-,24-,27+,28-,29-,31+,32+,33+,35-,36+/m0/s1. The van der Waals surface area contributed by atoms with E-state index in [-0.39, 0.29) is 43.8 Å². The summed E-state index contributed by atoms with van der Waals surface area (Å²) in [5.74, 6) is -2.80. The molecule has 3 saturated heterocycles. The molecule has 4 aliphatic heterocycles. The van der Waals surface area contributed by atoms with Gasteiger partial charge in [0.25, 0.3) is 0 Å².